The van der Waals surface area contributed by atoms with Crippen molar-refractivity contribution >= 4 is 16.6 Å². The van der Waals surface area contributed by atoms with Gasteiger partial charge in [-0.15, -0.1) is 0 Å². The molecule has 0 radical (unpaired) electrons. The lowest BCUT2D eigenvalue weighted by Gasteiger charge is -2.21. The van der Waals surface area contributed by atoms with E-state index in [4.69, 9.17) is 4.98 Å². The molecule has 0 aliphatic carbocycles. The molecule has 0 bridgehead atoms. The highest BCUT2D eigenvalue weighted by Crippen LogP contribution is 2.29. The first-order chi connectivity index (χ1) is 9.28. The largest absolute Gasteiger partial charge is 0.391 e. The van der Waals surface area contributed by atoms with E-state index in [1.54, 1.807) is 0 Å². The van der Waals surface area contributed by atoms with Gasteiger partial charge in [-0.2, -0.15) is 0 Å². The van der Waals surface area contributed by atoms with E-state index in [1.807, 2.05) is 6.07 Å². The van der Waals surface area contributed by atoms with Crippen LogP contribution in [0.3, 0.4) is 0 Å². The standard InChI is InChI=1S/C16H20N2O/c1-2-5-12-10-16(18-9-8-13(19)11-18)14-6-3-4-7-15(14)17-12/h3-4,6-7,10,13,19H,2,5,8-9,11H2,1H3/t13-/m0/s1. The Morgan fingerprint density at radius 3 is 2.95 bits per heavy atom. The number of aliphatic hydroxyl groups excluding tert-OH is 1. The van der Waals surface area contributed by atoms with Gasteiger partial charge in [-0.1, -0.05) is 31.5 Å². The van der Waals surface area contributed by atoms with E-state index in [2.05, 4.69) is 36.1 Å². The Kier molecular flexibility index (Phi) is 3.38. The maximum Gasteiger partial charge on any atom is 0.0731 e. The lowest BCUT2D eigenvalue weighted by atomic mass is 10.1. The van der Waals surface area contributed by atoms with Gasteiger partial charge in [0.15, 0.2) is 0 Å². The maximum atomic E-state index is 9.75. The summed E-state index contributed by atoms with van der Waals surface area (Å²) >= 11 is 0. The van der Waals surface area contributed by atoms with Gasteiger partial charge in [-0.25, -0.2) is 0 Å². The summed E-state index contributed by atoms with van der Waals surface area (Å²) in [4.78, 5) is 7.01. The molecule has 1 aliphatic heterocycles. The maximum absolute atomic E-state index is 9.75. The Morgan fingerprint density at radius 1 is 1.37 bits per heavy atom. The first kappa shape index (κ1) is 12.4. The number of aliphatic hydroxyl groups is 1. The number of β-amino-alcohol motifs (C(OH)–C–C–N with tert-alkyl or cyclic N) is 1. The van der Waals surface area contributed by atoms with Crippen molar-refractivity contribution in [2.75, 3.05) is 18.0 Å². The van der Waals surface area contributed by atoms with Crippen molar-refractivity contribution in [1.82, 2.24) is 4.98 Å². The number of hydrogen-bond donors (Lipinski definition) is 1. The minimum absolute atomic E-state index is 0.193. The van der Waals surface area contributed by atoms with Crippen LogP contribution in [0.4, 0.5) is 5.69 Å². The monoisotopic (exact) mass is 256 g/mol. The fourth-order valence-electron chi connectivity index (χ4n) is 2.82. The average Bonchev–Trinajstić information content (AvgIpc) is 2.85. The molecule has 1 N–H and O–H groups in total. The smallest absolute Gasteiger partial charge is 0.0731 e. The molecule has 1 fully saturated rings. The summed E-state index contributed by atoms with van der Waals surface area (Å²) in [6, 6.07) is 10.5. The quantitative estimate of drug-likeness (QED) is 0.917. The van der Waals surface area contributed by atoms with Gasteiger partial charge in [0.05, 0.1) is 11.6 Å². The van der Waals surface area contributed by atoms with Crippen LogP contribution in [-0.2, 0) is 6.42 Å². The second-order valence-corrected chi connectivity index (χ2v) is 5.29. The number of para-hydroxylation sites is 1. The third-order valence-corrected chi connectivity index (χ3v) is 3.76. The van der Waals surface area contributed by atoms with Crippen molar-refractivity contribution in [3.05, 3.63) is 36.0 Å². The van der Waals surface area contributed by atoms with Crippen molar-refractivity contribution in [3.63, 3.8) is 0 Å². The minimum atomic E-state index is -0.193. The van der Waals surface area contributed by atoms with Crippen LogP contribution in [-0.4, -0.2) is 29.3 Å². The Bertz CT molecular complexity index is 582. The summed E-state index contributed by atoms with van der Waals surface area (Å²) < 4.78 is 0. The summed E-state index contributed by atoms with van der Waals surface area (Å²) in [7, 11) is 0. The number of pyridine rings is 1. The molecule has 0 spiro atoms. The highest BCUT2D eigenvalue weighted by Gasteiger charge is 2.22. The lowest BCUT2D eigenvalue weighted by Crippen LogP contribution is -2.21. The number of benzene rings is 1. The van der Waals surface area contributed by atoms with Crippen LogP contribution in [0, 0.1) is 0 Å². The summed E-state index contributed by atoms with van der Waals surface area (Å²) in [5, 5.41) is 10.9. The number of fused-ring (bicyclic) bond motifs is 1. The number of nitrogens with zero attached hydrogens (tertiary/aromatic N) is 2. The number of aromatic nitrogens is 1. The molecule has 0 amide bonds. The summed E-state index contributed by atoms with van der Waals surface area (Å²) in [6.45, 7) is 3.84. The fraction of sp³-hybridized carbons (Fsp3) is 0.438. The highest BCUT2D eigenvalue weighted by molar-refractivity contribution is 5.92. The zero-order chi connectivity index (χ0) is 13.2. The molecule has 19 heavy (non-hydrogen) atoms. The molecule has 0 unspecified atom stereocenters. The third-order valence-electron chi connectivity index (χ3n) is 3.76. The number of rotatable bonds is 3. The zero-order valence-electron chi connectivity index (χ0n) is 11.3. The predicted molar refractivity (Wildman–Crippen MR) is 78.6 cm³/mol. The molecular formula is C16H20N2O. The first-order valence-corrected chi connectivity index (χ1v) is 7.09. The molecule has 2 aromatic rings. The Hall–Kier alpha value is -1.61. The SMILES string of the molecule is CCCc1cc(N2CC[C@H](O)C2)c2ccccc2n1. The summed E-state index contributed by atoms with van der Waals surface area (Å²) in [5.74, 6) is 0. The predicted octanol–water partition coefficient (Wildman–Crippen LogP) is 2.76. The van der Waals surface area contributed by atoms with Crippen LogP contribution in [0.15, 0.2) is 30.3 Å². The van der Waals surface area contributed by atoms with Crippen LogP contribution < -0.4 is 4.90 Å². The van der Waals surface area contributed by atoms with Crippen molar-refractivity contribution < 1.29 is 5.11 Å². The Morgan fingerprint density at radius 2 is 2.21 bits per heavy atom. The molecule has 1 aromatic heterocycles. The molecule has 3 heteroatoms. The average molecular weight is 256 g/mol. The molecular weight excluding hydrogens is 236 g/mol. The van der Waals surface area contributed by atoms with Gasteiger partial charge in [0.25, 0.3) is 0 Å². The van der Waals surface area contributed by atoms with Crippen LogP contribution in [0.5, 0.6) is 0 Å². The Labute approximate surface area is 113 Å². The molecule has 3 rings (SSSR count). The molecule has 1 atom stereocenters. The molecule has 2 heterocycles. The molecule has 1 aliphatic rings. The minimum Gasteiger partial charge on any atom is -0.391 e. The van der Waals surface area contributed by atoms with E-state index < -0.39 is 0 Å². The number of aryl methyl sites for hydroxylation is 1. The molecule has 1 aromatic carbocycles. The van der Waals surface area contributed by atoms with Gasteiger partial charge in [-0.3, -0.25) is 4.98 Å². The van der Waals surface area contributed by atoms with Gasteiger partial charge in [-0.05, 0) is 25.0 Å². The second kappa shape index (κ2) is 5.17. The molecule has 0 saturated carbocycles. The van der Waals surface area contributed by atoms with Gasteiger partial charge < -0.3 is 10.0 Å². The molecule has 100 valence electrons. The van der Waals surface area contributed by atoms with Crippen LogP contribution in [0.25, 0.3) is 10.9 Å². The lowest BCUT2D eigenvalue weighted by molar-refractivity contribution is 0.198. The first-order valence-electron chi connectivity index (χ1n) is 7.09. The highest BCUT2D eigenvalue weighted by atomic mass is 16.3. The normalized spacial score (nSPS) is 19.3. The van der Waals surface area contributed by atoms with E-state index in [0.29, 0.717) is 0 Å². The van der Waals surface area contributed by atoms with E-state index in [0.717, 1.165) is 43.6 Å². The molecule has 3 nitrogen and oxygen atoms in total. The van der Waals surface area contributed by atoms with Crippen LogP contribution in [0.1, 0.15) is 25.5 Å². The number of anilines is 1. The van der Waals surface area contributed by atoms with Gasteiger partial charge >= 0.3 is 0 Å². The summed E-state index contributed by atoms with van der Waals surface area (Å²) in [6.07, 6.45) is 2.78. The van der Waals surface area contributed by atoms with Gasteiger partial charge in [0.2, 0.25) is 0 Å². The van der Waals surface area contributed by atoms with E-state index in [9.17, 15) is 5.11 Å². The van der Waals surface area contributed by atoms with Crippen LogP contribution >= 0.6 is 0 Å². The van der Waals surface area contributed by atoms with Crippen molar-refractivity contribution in [2.24, 2.45) is 0 Å². The topological polar surface area (TPSA) is 36.4 Å². The van der Waals surface area contributed by atoms with Gasteiger partial charge in [0.1, 0.15) is 0 Å². The summed E-state index contributed by atoms with van der Waals surface area (Å²) in [5.41, 5.74) is 3.44. The molecule has 1 saturated heterocycles. The van der Waals surface area contributed by atoms with Crippen molar-refractivity contribution in [2.45, 2.75) is 32.3 Å². The fourth-order valence-corrected chi connectivity index (χ4v) is 2.82. The van der Waals surface area contributed by atoms with Gasteiger partial charge in [0, 0.05) is 29.9 Å². The Balaban J connectivity index is 2.09. The van der Waals surface area contributed by atoms with E-state index in [-0.39, 0.29) is 6.10 Å². The van der Waals surface area contributed by atoms with Crippen LogP contribution in [0.2, 0.25) is 0 Å². The van der Waals surface area contributed by atoms with E-state index in [1.165, 1.54) is 11.1 Å². The second-order valence-electron chi connectivity index (χ2n) is 5.29. The van der Waals surface area contributed by atoms with E-state index >= 15 is 0 Å². The zero-order valence-corrected chi connectivity index (χ0v) is 11.3. The number of hydrogen-bond acceptors (Lipinski definition) is 3. The third kappa shape index (κ3) is 2.43. The van der Waals surface area contributed by atoms with Crippen molar-refractivity contribution in [1.29, 1.82) is 0 Å². The van der Waals surface area contributed by atoms with Crippen molar-refractivity contribution in [3.8, 4) is 0 Å².